The largest absolute Gasteiger partial charge is 0.497 e. The zero-order valence-electron chi connectivity index (χ0n) is 9.33. The Morgan fingerprint density at radius 3 is 2.43 bits per heavy atom. The quantitative estimate of drug-likeness (QED) is 0.732. The van der Waals surface area contributed by atoms with Crippen LogP contribution in [0.15, 0.2) is 24.3 Å². The van der Waals surface area contributed by atoms with Crippen molar-refractivity contribution >= 4 is 0 Å². The van der Waals surface area contributed by atoms with E-state index >= 15 is 0 Å². The monoisotopic (exact) mass is 194 g/mol. The zero-order chi connectivity index (χ0) is 10.6. The molecule has 0 saturated carbocycles. The lowest BCUT2D eigenvalue weighted by atomic mass is 10.1. The predicted molar refractivity (Wildman–Crippen MR) is 58.0 cm³/mol. The normalized spacial score (nSPS) is 11.1. The molecule has 0 aliphatic carbocycles. The van der Waals surface area contributed by atoms with Gasteiger partial charge in [0, 0.05) is 6.07 Å². The van der Waals surface area contributed by atoms with Crippen molar-refractivity contribution in [3.63, 3.8) is 0 Å². The minimum absolute atomic E-state index is 0.119. The van der Waals surface area contributed by atoms with Crippen molar-refractivity contribution < 1.29 is 9.47 Å². The molecule has 0 bridgehead atoms. The Labute approximate surface area is 85.8 Å². The van der Waals surface area contributed by atoms with Crippen LogP contribution in [0, 0.1) is 0 Å². The van der Waals surface area contributed by atoms with Crippen LogP contribution in [-0.4, -0.2) is 12.7 Å². The number of methoxy groups -OCH3 is 1. The van der Waals surface area contributed by atoms with Gasteiger partial charge in [0.1, 0.15) is 17.1 Å². The molecule has 0 spiro atoms. The fourth-order valence-corrected chi connectivity index (χ4v) is 1.06. The van der Waals surface area contributed by atoms with Crippen LogP contribution >= 0.6 is 0 Å². The van der Waals surface area contributed by atoms with Crippen molar-refractivity contribution in [1.82, 2.24) is 0 Å². The zero-order valence-corrected chi connectivity index (χ0v) is 9.33. The summed E-state index contributed by atoms with van der Waals surface area (Å²) in [7, 11) is 1.66. The Balaban J connectivity index is 2.76. The van der Waals surface area contributed by atoms with Crippen LogP contribution in [0.1, 0.15) is 27.2 Å². The first-order valence-corrected chi connectivity index (χ1v) is 4.90. The van der Waals surface area contributed by atoms with Gasteiger partial charge in [-0.1, -0.05) is 13.0 Å². The van der Waals surface area contributed by atoms with E-state index in [9.17, 15) is 0 Å². The van der Waals surface area contributed by atoms with Gasteiger partial charge < -0.3 is 9.47 Å². The third kappa shape index (κ3) is 2.95. The van der Waals surface area contributed by atoms with Gasteiger partial charge in [-0.05, 0) is 32.4 Å². The molecule has 1 rings (SSSR count). The maximum Gasteiger partial charge on any atom is 0.123 e. The van der Waals surface area contributed by atoms with Crippen LogP contribution in [0.3, 0.4) is 0 Å². The predicted octanol–water partition coefficient (Wildman–Crippen LogP) is 3.26. The summed E-state index contributed by atoms with van der Waals surface area (Å²) in [6, 6.07) is 7.68. The summed E-state index contributed by atoms with van der Waals surface area (Å²) in [5, 5.41) is 0. The van der Waals surface area contributed by atoms with Gasteiger partial charge in [-0.25, -0.2) is 0 Å². The second-order valence-corrected chi connectivity index (χ2v) is 3.89. The molecule has 1 aromatic carbocycles. The summed E-state index contributed by atoms with van der Waals surface area (Å²) in [5.41, 5.74) is -0.119. The lowest BCUT2D eigenvalue weighted by Crippen LogP contribution is -2.26. The van der Waals surface area contributed by atoms with Gasteiger partial charge in [0.15, 0.2) is 0 Å². The van der Waals surface area contributed by atoms with Gasteiger partial charge >= 0.3 is 0 Å². The molecule has 14 heavy (non-hydrogen) atoms. The third-order valence-corrected chi connectivity index (χ3v) is 2.29. The Hall–Kier alpha value is -1.18. The SMILES string of the molecule is CCC(C)(C)Oc1cccc(OC)c1. The smallest absolute Gasteiger partial charge is 0.123 e. The molecular formula is C12H18O2. The standard InChI is InChI=1S/C12H18O2/c1-5-12(2,3)14-11-8-6-7-10(9-11)13-4/h6-9H,5H2,1-4H3. The lowest BCUT2D eigenvalue weighted by molar-refractivity contribution is 0.105. The number of hydrogen-bond donors (Lipinski definition) is 0. The van der Waals surface area contributed by atoms with Gasteiger partial charge in [0.05, 0.1) is 7.11 Å². The fourth-order valence-electron chi connectivity index (χ4n) is 1.06. The molecule has 2 heteroatoms. The summed E-state index contributed by atoms with van der Waals surface area (Å²) in [6.45, 7) is 6.26. The first-order chi connectivity index (χ1) is 6.57. The minimum atomic E-state index is -0.119. The van der Waals surface area contributed by atoms with Gasteiger partial charge in [0.2, 0.25) is 0 Å². The minimum Gasteiger partial charge on any atom is -0.497 e. The van der Waals surface area contributed by atoms with Crippen molar-refractivity contribution in [2.24, 2.45) is 0 Å². The van der Waals surface area contributed by atoms with E-state index in [1.165, 1.54) is 0 Å². The van der Waals surface area contributed by atoms with Crippen LogP contribution in [0.4, 0.5) is 0 Å². The van der Waals surface area contributed by atoms with E-state index in [-0.39, 0.29) is 5.60 Å². The highest BCUT2D eigenvalue weighted by atomic mass is 16.5. The Kier molecular flexibility index (Phi) is 3.39. The topological polar surface area (TPSA) is 18.5 Å². The van der Waals surface area contributed by atoms with Crippen LogP contribution in [-0.2, 0) is 0 Å². The summed E-state index contributed by atoms with van der Waals surface area (Å²) < 4.78 is 10.9. The van der Waals surface area contributed by atoms with Crippen LogP contribution in [0.2, 0.25) is 0 Å². The number of hydrogen-bond acceptors (Lipinski definition) is 2. The van der Waals surface area contributed by atoms with E-state index in [2.05, 4.69) is 20.8 Å². The van der Waals surface area contributed by atoms with E-state index in [0.717, 1.165) is 17.9 Å². The molecule has 0 fully saturated rings. The van der Waals surface area contributed by atoms with Gasteiger partial charge in [-0.15, -0.1) is 0 Å². The highest BCUT2D eigenvalue weighted by molar-refractivity contribution is 5.33. The Morgan fingerprint density at radius 1 is 1.21 bits per heavy atom. The molecular weight excluding hydrogens is 176 g/mol. The summed E-state index contributed by atoms with van der Waals surface area (Å²) in [4.78, 5) is 0. The van der Waals surface area contributed by atoms with Crippen molar-refractivity contribution in [2.75, 3.05) is 7.11 Å². The van der Waals surface area contributed by atoms with Gasteiger partial charge in [-0.2, -0.15) is 0 Å². The van der Waals surface area contributed by atoms with E-state index in [0.29, 0.717) is 0 Å². The molecule has 78 valence electrons. The van der Waals surface area contributed by atoms with Crippen LogP contribution < -0.4 is 9.47 Å². The van der Waals surface area contributed by atoms with E-state index in [1.54, 1.807) is 7.11 Å². The molecule has 0 heterocycles. The maximum absolute atomic E-state index is 5.81. The average Bonchev–Trinajstić information content (AvgIpc) is 2.17. The van der Waals surface area contributed by atoms with Crippen molar-refractivity contribution in [2.45, 2.75) is 32.8 Å². The van der Waals surface area contributed by atoms with Crippen molar-refractivity contribution in [1.29, 1.82) is 0 Å². The molecule has 0 amide bonds. The molecule has 0 atom stereocenters. The molecule has 0 N–H and O–H groups in total. The van der Waals surface area contributed by atoms with Gasteiger partial charge in [-0.3, -0.25) is 0 Å². The van der Waals surface area contributed by atoms with Crippen LogP contribution in [0.25, 0.3) is 0 Å². The number of benzene rings is 1. The summed E-state index contributed by atoms with van der Waals surface area (Å²) >= 11 is 0. The lowest BCUT2D eigenvalue weighted by Gasteiger charge is -2.24. The molecule has 0 radical (unpaired) electrons. The maximum atomic E-state index is 5.81. The van der Waals surface area contributed by atoms with E-state index < -0.39 is 0 Å². The molecule has 0 aliphatic heterocycles. The third-order valence-electron chi connectivity index (χ3n) is 2.29. The molecule has 0 aromatic heterocycles. The van der Waals surface area contributed by atoms with Crippen LogP contribution in [0.5, 0.6) is 11.5 Å². The molecule has 0 saturated heterocycles. The molecule has 0 unspecified atom stereocenters. The average molecular weight is 194 g/mol. The Morgan fingerprint density at radius 2 is 1.86 bits per heavy atom. The van der Waals surface area contributed by atoms with Crippen molar-refractivity contribution in [3.05, 3.63) is 24.3 Å². The molecule has 0 aliphatic rings. The highest BCUT2D eigenvalue weighted by Crippen LogP contribution is 2.24. The number of rotatable bonds is 4. The molecule has 2 nitrogen and oxygen atoms in total. The summed E-state index contributed by atoms with van der Waals surface area (Å²) in [5.74, 6) is 1.69. The first-order valence-electron chi connectivity index (χ1n) is 4.90. The first kappa shape index (κ1) is 10.9. The molecule has 1 aromatic rings. The van der Waals surface area contributed by atoms with E-state index in [1.807, 2.05) is 24.3 Å². The fraction of sp³-hybridized carbons (Fsp3) is 0.500. The second-order valence-electron chi connectivity index (χ2n) is 3.89. The highest BCUT2D eigenvalue weighted by Gasteiger charge is 2.16. The van der Waals surface area contributed by atoms with Crippen molar-refractivity contribution in [3.8, 4) is 11.5 Å². The Bertz CT molecular complexity index is 292. The second kappa shape index (κ2) is 4.36. The van der Waals surface area contributed by atoms with E-state index in [4.69, 9.17) is 9.47 Å². The van der Waals surface area contributed by atoms with Gasteiger partial charge in [0.25, 0.3) is 0 Å². The summed E-state index contributed by atoms with van der Waals surface area (Å²) in [6.07, 6.45) is 0.976. The number of ether oxygens (including phenoxy) is 2.